The van der Waals surface area contributed by atoms with Crippen LogP contribution in [0.2, 0.25) is 0 Å². The molecule has 0 amide bonds. The van der Waals surface area contributed by atoms with Crippen molar-refractivity contribution in [1.82, 2.24) is 0 Å². The fourth-order valence-electron chi connectivity index (χ4n) is 1.45. The van der Waals surface area contributed by atoms with Gasteiger partial charge in [-0.15, -0.1) is 0 Å². The molecular weight excluding hydrogens is 222 g/mol. The molecule has 1 aliphatic rings. The second kappa shape index (κ2) is 10.9. The molecule has 1 saturated carbocycles. The van der Waals surface area contributed by atoms with Crippen molar-refractivity contribution in [2.24, 2.45) is 0 Å². The molecule has 1 N–H and O–H groups in total. The molecule has 1 aliphatic carbocycles. The highest BCUT2D eigenvalue weighted by Crippen LogP contribution is 2.15. The molecule has 0 unspecified atom stereocenters. The van der Waals surface area contributed by atoms with Crippen molar-refractivity contribution in [3.8, 4) is 6.07 Å². The lowest BCUT2D eigenvalue weighted by Crippen LogP contribution is -2.10. The van der Waals surface area contributed by atoms with E-state index in [0.717, 1.165) is 0 Å². The fraction of sp³-hybridized carbons (Fsp3) is 0.750. The molecule has 0 aromatic carbocycles. The van der Waals surface area contributed by atoms with Crippen LogP contribution in [0.3, 0.4) is 0 Å². The average Bonchev–Trinajstić information content (AvgIpc) is 2.31. The number of carbonyl (C=O) groups excluding carboxylic acids is 1. The Bertz CT molecular complexity index is 255. The Labute approximate surface area is 101 Å². The molecule has 17 heavy (non-hydrogen) atoms. The van der Waals surface area contributed by atoms with Crippen LogP contribution >= 0.6 is 0 Å². The summed E-state index contributed by atoms with van der Waals surface area (Å²) in [7, 11) is 0. The Morgan fingerprint density at radius 1 is 1.12 bits per heavy atom. The van der Waals surface area contributed by atoms with Gasteiger partial charge in [-0.3, -0.25) is 9.59 Å². The summed E-state index contributed by atoms with van der Waals surface area (Å²) in [5.74, 6) is -2.04. The van der Waals surface area contributed by atoms with E-state index < -0.39 is 18.4 Å². The van der Waals surface area contributed by atoms with Crippen LogP contribution in [0.4, 0.5) is 0 Å². The Balaban J connectivity index is 0.000000354. The van der Waals surface area contributed by atoms with Crippen LogP contribution in [0.1, 0.15) is 51.4 Å². The highest BCUT2D eigenvalue weighted by molar-refractivity contribution is 5.90. The van der Waals surface area contributed by atoms with Crippen molar-refractivity contribution < 1.29 is 19.4 Å². The van der Waals surface area contributed by atoms with Crippen LogP contribution < -0.4 is 0 Å². The SMILES string of the molecule is C1CCCCC1.N#CCCOC(=O)CC(=O)O. The van der Waals surface area contributed by atoms with E-state index in [0.29, 0.717) is 0 Å². The van der Waals surface area contributed by atoms with Gasteiger partial charge in [-0.05, 0) is 0 Å². The van der Waals surface area contributed by atoms with Crippen molar-refractivity contribution >= 4 is 11.9 Å². The van der Waals surface area contributed by atoms with Gasteiger partial charge in [0, 0.05) is 0 Å². The molecule has 0 aromatic rings. The van der Waals surface area contributed by atoms with E-state index in [-0.39, 0.29) is 13.0 Å². The number of esters is 1. The summed E-state index contributed by atoms with van der Waals surface area (Å²) in [5.41, 5.74) is 0. The average molecular weight is 241 g/mol. The van der Waals surface area contributed by atoms with E-state index in [1.165, 1.54) is 38.5 Å². The number of nitriles is 1. The van der Waals surface area contributed by atoms with Crippen molar-refractivity contribution in [2.45, 2.75) is 51.4 Å². The second-order valence-corrected chi connectivity index (χ2v) is 3.82. The normalized spacial score (nSPS) is 13.8. The van der Waals surface area contributed by atoms with Gasteiger partial charge in [0.1, 0.15) is 13.0 Å². The number of ether oxygens (including phenoxy) is 1. The second-order valence-electron chi connectivity index (χ2n) is 3.82. The summed E-state index contributed by atoms with van der Waals surface area (Å²) in [6.07, 6.45) is 8.44. The molecule has 0 radical (unpaired) electrons. The number of aliphatic carboxylic acids is 1. The van der Waals surface area contributed by atoms with Crippen LogP contribution in [0.5, 0.6) is 0 Å². The minimum Gasteiger partial charge on any atom is -0.481 e. The Kier molecular flexibility index (Phi) is 9.92. The summed E-state index contributed by atoms with van der Waals surface area (Å²) < 4.78 is 4.35. The third-order valence-corrected chi connectivity index (χ3v) is 2.27. The maximum absolute atomic E-state index is 10.4. The van der Waals surface area contributed by atoms with Crippen molar-refractivity contribution in [3.63, 3.8) is 0 Å². The van der Waals surface area contributed by atoms with Gasteiger partial charge in [-0.25, -0.2) is 0 Å². The molecular formula is C12H19NO4. The highest BCUT2D eigenvalue weighted by atomic mass is 16.5. The van der Waals surface area contributed by atoms with E-state index in [9.17, 15) is 9.59 Å². The number of nitrogens with zero attached hydrogens (tertiary/aromatic N) is 1. The molecule has 5 heteroatoms. The lowest BCUT2D eigenvalue weighted by atomic mass is 10.0. The van der Waals surface area contributed by atoms with Gasteiger partial charge >= 0.3 is 11.9 Å². The van der Waals surface area contributed by atoms with E-state index in [2.05, 4.69) is 4.74 Å². The first kappa shape index (κ1) is 15.4. The molecule has 5 nitrogen and oxygen atoms in total. The smallest absolute Gasteiger partial charge is 0.317 e. The van der Waals surface area contributed by atoms with Gasteiger partial charge in [0.2, 0.25) is 0 Å². The molecule has 0 spiro atoms. The van der Waals surface area contributed by atoms with E-state index in [1.807, 2.05) is 0 Å². The highest BCUT2D eigenvalue weighted by Gasteiger charge is 2.07. The topological polar surface area (TPSA) is 87.4 Å². The first-order chi connectivity index (χ1) is 8.16. The predicted octanol–water partition coefficient (Wildman–Crippen LogP) is 2.26. The quantitative estimate of drug-likeness (QED) is 0.463. The van der Waals surface area contributed by atoms with Gasteiger partial charge < -0.3 is 9.84 Å². The molecule has 1 fully saturated rings. The van der Waals surface area contributed by atoms with Crippen LogP contribution in [0.15, 0.2) is 0 Å². The minimum atomic E-state index is -1.23. The molecule has 1 rings (SSSR count). The predicted molar refractivity (Wildman–Crippen MR) is 61.1 cm³/mol. The van der Waals surface area contributed by atoms with Crippen LogP contribution in [-0.4, -0.2) is 23.7 Å². The van der Waals surface area contributed by atoms with E-state index in [1.54, 1.807) is 6.07 Å². The maximum atomic E-state index is 10.4. The standard InChI is InChI=1S/C6H7NO4.C6H12/c7-2-1-3-11-6(10)4-5(8)9;1-2-4-6-5-3-1/h1,3-4H2,(H,8,9);1-6H2. The number of hydrogen-bond donors (Lipinski definition) is 1. The van der Waals surface area contributed by atoms with Gasteiger partial charge in [0.25, 0.3) is 0 Å². The molecule has 96 valence electrons. The Morgan fingerprint density at radius 2 is 1.59 bits per heavy atom. The summed E-state index contributed by atoms with van der Waals surface area (Å²) in [5, 5.41) is 16.1. The fourth-order valence-corrected chi connectivity index (χ4v) is 1.45. The van der Waals surface area contributed by atoms with Gasteiger partial charge in [0.15, 0.2) is 0 Å². The number of carboxylic acids is 1. The summed E-state index contributed by atoms with van der Waals surface area (Å²) in [6, 6.07) is 1.75. The molecule has 0 heterocycles. The first-order valence-electron chi connectivity index (χ1n) is 5.91. The van der Waals surface area contributed by atoms with Gasteiger partial charge in [0.05, 0.1) is 12.5 Å². The summed E-state index contributed by atoms with van der Waals surface area (Å²) in [6.45, 7) is -0.0391. The molecule has 0 saturated heterocycles. The maximum Gasteiger partial charge on any atom is 0.317 e. The van der Waals surface area contributed by atoms with Crippen molar-refractivity contribution in [2.75, 3.05) is 6.61 Å². The number of carbonyl (C=O) groups is 2. The zero-order valence-corrected chi connectivity index (χ0v) is 9.98. The van der Waals surface area contributed by atoms with Gasteiger partial charge in [-0.1, -0.05) is 38.5 Å². The number of hydrogen-bond acceptors (Lipinski definition) is 4. The molecule has 0 atom stereocenters. The number of rotatable bonds is 4. The third kappa shape index (κ3) is 12.4. The lowest BCUT2D eigenvalue weighted by Gasteiger charge is -2.05. The summed E-state index contributed by atoms with van der Waals surface area (Å²) in [4.78, 5) is 20.3. The van der Waals surface area contributed by atoms with Crippen LogP contribution in [0.25, 0.3) is 0 Å². The van der Waals surface area contributed by atoms with Gasteiger partial charge in [-0.2, -0.15) is 5.26 Å². The van der Waals surface area contributed by atoms with Crippen molar-refractivity contribution in [3.05, 3.63) is 0 Å². The zero-order valence-electron chi connectivity index (χ0n) is 9.98. The minimum absolute atomic E-state index is 0.0391. The molecule has 0 aliphatic heterocycles. The van der Waals surface area contributed by atoms with E-state index in [4.69, 9.17) is 10.4 Å². The van der Waals surface area contributed by atoms with Crippen LogP contribution in [0, 0.1) is 11.3 Å². The molecule has 0 bridgehead atoms. The Morgan fingerprint density at radius 3 is 1.94 bits per heavy atom. The Hall–Kier alpha value is -1.57. The third-order valence-electron chi connectivity index (χ3n) is 2.27. The summed E-state index contributed by atoms with van der Waals surface area (Å²) >= 11 is 0. The van der Waals surface area contributed by atoms with Crippen LogP contribution in [-0.2, 0) is 14.3 Å². The zero-order chi connectivity index (χ0) is 12.9. The monoisotopic (exact) mass is 241 g/mol. The lowest BCUT2D eigenvalue weighted by molar-refractivity contribution is -0.151. The number of carboxylic acid groups (broad SMARTS) is 1. The van der Waals surface area contributed by atoms with Crippen molar-refractivity contribution in [1.29, 1.82) is 5.26 Å². The largest absolute Gasteiger partial charge is 0.481 e. The first-order valence-corrected chi connectivity index (χ1v) is 5.91. The van der Waals surface area contributed by atoms with E-state index >= 15 is 0 Å². The molecule has 0 aromatic heterocycles.